The van der Waals surface area contributed by atoms with E-state index in [4.69, 9.17) is 10.5 Å². The summed E-state index contributed by atoms with van der Waals surface area (Å²) in [7, 11) is 7.89. The topological polar surface area (TPSA) is 129 Å². The molecule has 11 nitrogen and oxygen atoms in total. The summed E-state index contributed by atoms with van der Waals surface area (Å²) < 4.78 is 5.98. The van der Waals surface area contributed by atoms with Crippen LogP contribution in [0.25, 0.3) is 0 Å². The minimum absolute atomic E-state index is 0.0142. The van der Waals surface area contributed by atoms with E-state index in [1.165, 1.54) is 17.7 Å². The quantitative estimate of drug-likeness (QED) is 0.190. The third-order valence-electron chi connectivity index (χ3n) is 9.91. The van der Waals surface area contributed by atoms with E-state index >= 15 is 0 Å². The first kappa shape index (κ1) is 38.5. The van der Waals surface area contributed by atoms with Gasteiger partial charge >= 0.3 is 0 Å². The number of fused-ring (bicyclic) bond motifs is 1. The van der Waals surface area contributed by atoms with Crippen LogP contribution in [0.2, 0.25) is 0 Å². The second-order valence-corrected chi connectivity index (χ2v) is 14.7. The van der Waals surface area contributed by atoms with Crippen LogP contribution >= 0.6 is 0 Å². The summed E-state index contributed by atoms with van der Waals surface area (Å²) in [6, 6.07) is 20.6. The molecule has 0 spiro atoms. The molecule has 1 atom stereocenters. The fraction of sp³-hybridized carbons (Fsp3) is 0.463. The van der Waals surface area contributed by atoms with E-state index in [9.17, 15) is 19.2 Å². The number of hydrogen-bond acceptors (Lipinski definition) is 7. The summed E-state index contributed by atoms with van der Waals surface area (Å²) >= 11 is 0. The van der Waals surface area contributed by atoms with Gasteiger partial charge in [0.2, 0.25) is 11.8 Å². The zero-order chi connectivity index (χ0) is 37.2. The molecule has 1 heterocycles. The van der Waals surface area contributed by atoms with Crippen molar-refractivity contribution in [1.82, 2.24) is 19.6 Å². The number of amides is 4. The average molecular weight is 711 g/mol. The number of carbonyl (C=O) groups is 4. The average Bonchev–Trinajstić information content (AvgIpc) is 3.63. The SMILES string of the molecule is CN(C)CCCOc1ccc(C2Cc3ccc(NC(=O)CC4CCCC4)cc3C(=O)N2Cc2ccc(C(=O)N(CCN(C)C)CC(N)=O)cc2)cc1. The Hall–Kier alpha value is -4.74. The molecule has 0 saturated heterocycles. The van der Waals surface area contributed by atoms with E-state index < -0.39 is 5.91 Å². The van der Waals surface area contributed by atoms with Crippen molar-refractivity contribution in [3.8, 4) is 5.75 Å². The number of likely N-dealkylation sites (N-methyl/N-ethyl adjacent to an activating group) is 1. The number of ether oxygens (including phenoxy) is 1. The fourth-order valence-corrected chi connectivity index (χ4v) is 7.06. The van der Waals surface area contributed by atoms with Crippen LogP contribution < -0.4 is 15.8 Å². The van der Waals surface area contributed by atoms with E-state index in [1.54, 1.807) is 18.2 Å². The highest BCUT2D eigenvalue weighted by molar-refractivity contribution is 6.00. The Labute approximate surface area is 308 Å². The zero-order valence-corrected chi connectivity index (χ0v) is 31.1. The molecule has 1 aliphatic carbocycles. The summed E-state index contributed by atoms with van der Waals surface area (Å²) in [6.45, 7) is 2.66. The molecule has 0 radical (unpaired) electrons. The smallest absolute Gasteiger partial charge is 0.255 e. The maximum absolute atomic E-state index is 14.4. The monoisotopic (exact) mass is 710 g/mol. The minimum atomic E-state index is -0.570. The van der Waals surface area contributed by atoms with Gasteiger partial charge in [-0.05, 0) is 113 Å². The molecule has 0 bridgehead atoms. The largest absolute Gasteiger partial charge is 0.494 e. The van der Waals surface area contributed by atoms with Gasteiger partial charge in [0.15, 0.2) is 0 Å². The maximum Gasteiger partial charge on any atom is 0.255 e. The van der Waals surface area contributed by atoms with Gasteiger partial charge in [0, 0.05) is 49.4 Å². The molecule has 3 aromatic rings. The van der Waals surface area contributed by atoms with E-state index in [0.717, 1.165) is 48.2 Å². The summed E-state index contributed by atoms with van der Waals surface area (Å²) in [5.74, 6) is 0.221. The minimum Gasteiger partial charge on any atom is -0.494 e. The highest BCUT2D eigenvalue weighted by Gasteiger charge is 2.34. The number of primary amides is 1. The first-order chi connectivity index (χ1) is 25.0. The summed E-state index contributed by atoms with van der Waals surface area (Å²) in [6.07, 6.45) is 6.56. The van der Waals surface area contributed by atoms with Crippen LogP contribution in [-0.4, -0.2) is 104 Å². The van der Waals surface area contributed by atoms with Crippen LogP contribution in [0.3, 0.4) is 0 Å². The Balaban J connectivity index is 1.36. The summed E-state index contributed by atoms with van der Waals surface area (Å²) in [4.78, 5) is 59.7. The molecule has 278 valence electrons. The lowest BCUT2D eigenvalue weighted by molar-refractivity contribution is -0.119. The van der Waals surface area contributed by atoms with Gasteiger partial charge in [0.05, 0.1) is 19.2 Å². The Bertz CT molecular complexity index is 1680. The molecule has 1 fully saturated rings. The Morgan fingerprint density at radius 2 is 1.58 bits per heavy atom. The van der Waals surface area contributed by atoms with Crippen LogP contribution in [0.4, 0.5) is 5.69 Å². The van der Waals surface area contributed by atoms with Gasteiger partial charge in [-0.25, -0.2) is 0 Å². The molecule has 1 saturated carbocycles. The van der Waals surface area contributed by atoms with Crippen LogP contribution in [-0.2, 0) is 22.6 Å². The van der Waals surface area contributed by atoms with Gasteiger partial charge in [-0.15, -0.1) is 0 Å². The molecular formula is C41H54N6O5. The third-order valence-corrected chi connectivity index (χ3v) is 9.91. The number of carbonyl (C=O) groups excluding carboxylic acids is 4. The molecule has 4 amide bonds. The second-order valence-electron chi connectivity index (χ2n) is 14.7. The van der Waals surface area contributed by atoms with Gasteiger partial charge in [-0.3, -0.25) is 19.2 Å². The number of nitrogens with zero attached hydrogens (tertiary/aromatic N) is 4. The molecule has 0 aromatic heterocycles. The van der Waals surface area contributed by atoms with Crippen molar-refractivity contribution in [3.05, 3.63) is 94.5 Å². The molecule has 5 rings (SSSR count). The first-order valence-corrected chi connectivity index (χ1v) is 18.4. The van der Waals surface area contributed by atoms with Crippen molar-refractivity contribution in [3.63, 3.8) is 0 Å². The van der Waals surface area contributed by atoms with Crippen molar-refractivity contribution in [2.45, 2.75) is 57.5 Å². The lowest BCUT2D eigenvalue weighted by Gasteiger charge is -2.37. The molecule has 11 heteroatoms. The second kappa shape index (κ2) is 18.1. The van der Waals surface area contributed by atoms with E-state index in [1.807, 2.05) is 86.5 Å². The van der Waals surface area contributed by atoms with Gasteiger partial charge in [-0.2, -0.15) is 0 Å². The molecule has 1 unspecified atom stereocenters. The number of hydrogen-bond donors (Lipinski definition) is 2. The summed E-state index contributed by atoms with van der Waals surface area (Å²) in [5.41, 5.74) is 9.86. The lowest BCUT2D eigenvalue weighted by atomic mass is 9.88. The fourth-order valence-electron chi connectivity index (χ4n) is 7.06. The number of anilines is 1. The predicted octanol–water partition coefficient (Wildman–Crippen LogP) is 4.96. The Kier molecular flexibility index (Phi) is 13.4. The van der Waals surface area contributed by atoms with Crippen molar-refractivity contribution in [2.75, 3.05) is 66.3 Å². The highest BCUT2D eigenvalue weighted by Crippen LogP contribution is 2.36. The van der Waals surface area contributed by atoms with Crippen LogP contribution in [0.5, 0.6) is 5.75 Å². The highest BCUT2D eigenvalue weighted by atomic mass is 16.5. The van der Waals surface area contributed by atoms with E-state index in [2.05, 4.69) is 10.2 Å². The molecular weight excluding hydrogens is 656 g/mol. The van der Waals surface area contributed by atoms with Gasteiger partial charge in [0.1, 0.15) is 5.75 Å². The van der Waals surface area contributed by atoms with Crippen molar-refractivity contribution < 1.29 is 23.9 Å². The zero-order valence-electron chi connectivity index (χ0n) is 31.1. The molecule has 3 aromatic carbocycles. The van der Waals surface area contributed by atoms with E-state index in [0.29, 0.717) is 61.8 Å². The Morgan fingerprint density at radius 3 is 2.23 bits per heavy atom. The van der Waals surface area contributed by atoms with Gasteiger partial charge in [0.25, 0.3) is 11.8 Å². The van der Waals surface area contributed by atoms with Crippen LogP contribution in [0.1, 0.15) is 82.0 Å². The lowest BCUT2D eigenvalue weighted by Crippen LogP contribution is -2.42. The third kappa shape index (κ3) is 10.6. The predicted molar refractivity (Wildman–Crippen MR) is 203 cm³/mol. The van der Waals surface area contributed by atoms with Crippen molar-refractivity contribution in [1.29, 1.82) is 0 Å². The number of nitrogens with one attached hydrogen (secondary N) is 1. The first-order valence-electron chi connectivity index (χ1n) is 18.4. The van der Waals surface area contributed by atoms with Crippen molar-refractivity contribution >= 4 is 29.3 Å². The molecule has 2 aliphatic rings. The summed E-state index contributed by atoms with van der Waals surface area (Å²) in [5, 5.41) is 3.04. The standard InChI is InChI=1S/C41H54N6O5/c1-44(2)20-7-23-52-35-18-15-31(16-19-35)37-25-33-14-17-34(43-39(49)24-29-8-5-6-9-29)26-36(33)41(51)47(37)27-30-10-12-32(13-11-30)40(50)46(28-38(42)48)22-21-45(3)4/h10-19,26,29,37H,5-9,20-25,27-28H2,1-4H3,(H2,42,48)(H,43,49). The number of rotatable bonds is 17. The molecule has 3 N–H and O–H groups in total. The molecule has 1 aliphatic heterocycles. The van der Waals surface area contributed by atoms with Gasteiger partial charge < -0.3 is 35.4 Å². The number of benzene rings is 3. The van der Waals surface area contributed by atoms with E-state index in [-0.39, 0.29) is 30.3 Å². The van der Waals surface area contributed by atoms with Crippen LogP contribution in [0.15, 0.2) is 66.7 Å². The van der Waals surface area contributed by atoms with Gasteiger partial charge in [-0.1, -0.05) is 43.2 Å². The number of nitrogens with two attached hydrogens (primary N) is 1. The van der Waals surface area contributed by atoms with Crippen LogP contribution in [0, 0.1) is 5.92 Å². The normalized spacial score (nSPS) is 15.9. The molecule has 52 heavy (non-hydrogen) atoms. The maximum atomic E-state index is 14.4. The van der Waals surface area contributed by atoms with Crippen molar-refractivity contribution in [2.24, 2.45) is 11.7 Å². The Morgan fingerprint density at radius 1 is 0.885 bits per heavy atom.